The van der Waals surface area contributed by atoms with Gasteiger partial charge in [-0.1, -0.05) is 0 Å². The van der Waals surface area contributed by atoms with Gasteiger partial charge in [-0.05, 0) is 13.0 Å². The Labute approximate surface area is 117 Å². The lowest BCUT2D eigenvalue weighted by Crippen LogP contribution is -2.47. The van der Waals surface area contributed by atoms with E-state index in [2.05, 4.69) is 10.3 Å². The third kappa shape index (κ3) is 2.97. The largest absolute Gasteiger partial charge is 0.395 e. The molecule has 1 aliphatic heterocycles. The number of hydrogen-bond donors (Lipinski definition) is 2. The average Bonchev–Trinajstić information content (AvgIpc) is 2.49. The molecule has 2 heterocycles. The van der Waals surface area contributed by atoms with E-state index < -0.39 is 6.04 Å². The van der Waals surface area contributed by atoms with Crippen LogP contribution in [0.3, 0.4) is 0 Å². The summed E-state index contributed by atoms with van der Waals surface area (Å²) in [4.78, 5) is 18.1. The number of hydrogen-bond acceptors (Lipinski definition) is 6. The summed E-state index contributed by atoms with van der Waals surface area (Å²) < 4.78 is 5.21. The highest BCUT2D eigenvalue weighted by Gasteiger charge is 2.23. The number of nitrogen functional groups attached to an aromatic ring is 1. The minimum atomic E-state index is -0.461. The quantitative estimate of drug-likeness (QED) is 0.816. The van der Waals surface area contributed by atoms with E-state index in [0.29, 0.717) is 37.7 Å². The van der Waals surface area contributed by atoms with Crippen LogP contribution < -0.4 is 11.1 Å². The highest BCUT2D eigenvalue weighted by molar-refractivity contribution is 5.85. The Morgan fingerprint density at radius 3 is 2.95 bits per heavy atom. The summed E-state index contributed by atoms with van der Waals surface area (Å²) >= 11 is 0. The standard InChI is InChI=1S/C13H17N5O2/c1-9(13(19)18-4-6-20-7-5-18)17-12-11(15)10(8-14)2-3-16-12/h2-3,9H,4-7,15H2,1H3,(H,16,17). The number of nitrogens with zero attached hydrogens (tertiary/aromatic N) is 3. The third-order valence-electron chi connectivity index (χ3n) is 3.16. The minimum absolute atomic E-state index is 0.0307. The van der Waals surface area contributed by atoms with Crippen LogP contribution in [0.1, 0.15) is 12.5 Å². The SMILES string of the molecule is CC(Nc1nccc(C#N)c1N)C(=O)N1CCOCC1. The second kappa shape index (κ2) is 6.21. The van der Waals surface area contributed by atoms with Crippen molar-refractivity contribution < 1.29 is 9.53 Å². The fourth-order valence-corrected chi connectivity index (χ4v) is 2.01. The van der Waals surface area contributed by atoms with Gasteiger partial charge in [0.1, 0.15) is 12.1 Å². The summed E-state index contributed by atoms with van der Waals surface area (Å²) in [6.07, 6.45) is 1.49. The van der Waals surface area contributed by atoms with E-state index in [4.69, 9.17) is 15.7 Å². The Kier molecular flexibility index (Phi) is 4.38. The van der Waals surface area contributed by atoms with Gasteiger partial charge in [-0.2, -0.15) is 5.26 Å². The molecule has 3 N–H and O–H groups in total. The summed E-state index contributed by atoms with van der Waals surface area (Å²) in [6, 6.07) is 3.06. The molecule has 1 aliphatic rings. The molecule has 1 amide bonds. The van der Waals surface area contributed by atoms with Crippen LogP contribution in [0, 0.1) is 11.3 Å². The number of carbonyl (C=O) groups is 1. The van der Waals surface area contributed by atoms with Crippen LogP contribution in [-0.4, -0.2) is 48.1 Å². The maximum Gasteiger partial charge on any atom is 0.244 e. The van der Waals surface area contributed by atoms with Gasteiger partial charge in [0.15, 0.2) is 5.82 Å². The van der Waals surface area contributed by atoms with Crippen LogP contribution in [0.15, 0.2) is 12.3 Å². The number of nitrogens with one attached hydrogen (secondary N) is 1. The Morgan fingerprint density at radius 2 is 2.30 bits per heavy atom. The second-order valence-corrected chi connectivity index (χ2v) is 4.54. The second-order valence-electron chi connectivity index (χ2n) is 4.54. The maximum absolute atomic E-state index is 12.2. The molecular formula is C13H17N5O2. The molecule has 0 aliphatic carbocycles. The van der Waals surface area contributed by atoms with Crippen molar-refractivity contribution >= 4 is 17.4 Å². The van der Waals surface area contributed by atoms with Gasteiger partial charge < -0.3 is 20.7 Å². The molecule has 0 saturated carbocycles. The zero-order valence-corrected chi connectivity index (χ0v) is 11.3. The van der Waals surface area contributed by atoms with Crippen LogP contribution in [-0.2, 0) is 9.53 Å². The first-order valence-corrected chi connectivity index (χ1v) is 6.41. The van der Waals surface area contributed by atoms with Gasteiger partial charge in [-0.3, -0.25) is 4.79 Å². The zero-order chi connectivity index (χ0) is 14.5. The van der Waals surface area contributed by atoms with E-state index in [-0.39, 0.29) is 11.6 Å². The molecule has 1 unspecified atom stereocenters. The topological polar surface area (TPSA) is 104 Å². The lowest BCUT2D eigenvalue weighted by Gasteiger charge is -2.29. The van der Waals surface area contributed by atoms with E-state index in [9.17, 15) is 4.79 Å². The highest BCUT2D eigenvalue weighted by atomic mass is 16.5. The molecule has 1 fully saturated rings. The third-order valence-corrected chi connectivity index (χ3v) is 3.16. The number of nitriles is 1. The number of ether oxygens (including phenoxy) is 1. The van der Waals surface area contributed by atoms with Gasteiger partial charge in [0.2, 0.25) is 5.91 Å². The van der Waals surface area contributed by atoms with Gasteiger partial charge in [-0.25, -0.2) is 4.98 Å². The Balaban J connectivity index is 2.06. The number of rotatable bonds is 3. The molecule has 7 heteroatoms. The van der Waals surface area contributed by atoms with E-state index in [1.807, 2.05) is 6.07 Å². The molecule has 106 valence electrons. The maximum atomic E-state index is 12.2. The molecule has 20 heavy (non-hydrogen) atoms. The van der Waals surface area contributed by atoms with Crippen molar-refractivity contribution in [3.63, 3.8) is 0 Å². The Morgan fingerprint density at radius 1 is 1.60 bits per heavy atom. The molecule has 7 nitrogen and oxygen atoms in total. The van der Waals surface area contributed by atoms with E-state index >= 15 is 0 Å². The molecule has 0 spiro atoms. The van der Waals surface area contributed by atoms with Crippen molar-refractivity contribution in [1.82, 2.24) is 9.88 Å². The molecule has 0 radical (unpaired) electrons. The van der Waals surface area contributed by atoms with Gasteiger partial charge >= 0.3 is 0 Å². The number of morpholine rings is 1. The van der Waals surface area contributed by atoms with Gasteiger partial charge in [0.05, 0.1) is 24.5 Å². The number of aromatic nitrogens is 1. The van der Waals surface area contributed by atoms with Crippen LogP contribution in [0.25, 0.3) is 0 Å². The highest BCUT2D eigenvalue weighted by Crippen LogP contribution is 2.20. The molecule has 0 aromatic carbocycles. The fraction of sp³-hybridized carbons (Fsp3) is 0.462. The first-order valence-electron chi connectivity index (χ1n) is 6.41. The number of nitrogens with two attached hydrogens (primary N) is 1. The zero-order valence-electron chi connectivity index (χ0n) is 11.3. The van der Waals surface area contributed by atoms with Crippen molar-refractivity contribution in [3.05, 3.63) is 17.8 Å². The molecular weight excluding hydrogens is 258 g/mol. The van der Waals surface area contributed by atoms with Gasteiger partial charge in [0, 0.05) is 19.3 Å². The van der Waals surface area contributed by atoms with Crippen LogP contribution in [0.5, 0.6) is 0 Å². The predicted molar refractivity (Wildman–Crippen MR) is 73.8 cm³/mol. The summed E-state index contributed by atoms with van der Waals surface area (Å²) in [5.74, 6) is 0.329. The predicted octanol–water partition coefficient (Wildman–Crippen LogP) is 0.195. The van der Waals surface area contributed by atoms with E-state index in [1.54, 1.807) is 11.8 Å². The van der Waals surface area contributed by atoms with Gasteiger partial charge in [-0.15, -0.1) is 0 Å². The normalized spacial score (nSPS) is 16.3. The molecule has 1 aromatic rings. The molecule has 1 atom stereocenters. The number of pyridine rings is 1. The average molecular weight is 275 g/mol. The van der Waals surface area contributed by atoms with Crippen LogP contribution in [0.4, 0.5) is 11.5 Å². The van der Waals surface area contributed by atoms with Gasteiger partial charge in [0.25, 0.3) is 0 Å². The fourth-order valence-electron chi connectivity index (χ4n) is 2.01. The van der Waals surface area contributed by atoms with E-state index in [1.165, 1.54) is 12.3 Å². The Hall–Kier alpha value is -2.33. The van der Waals surface area contributed by atoms with Crippen molar-refractivity contribution in [3.8, 4) is 6.07 Å². The van der Waals surface area contributed by atoms with Crippen molar-refractivity contribution in [1.29, 1.82) is 5.26 Å². The molecule has 1 saturated heterocycles. The molecule has 1 aromatic heterocycles. The smallest absolute Gasteiger partial charge is 0.244 e. The number of anilines is 2. The van der Waals surface area contributed by atoms with E-state index in [0.717, 1.165) is 0 Å². The first-order chi connectivity index (χ1) is 9.63. The van der Waals surface area contributed by atoms with Crippen molar-refractivity contribution in [2.24, 2.45) is 0 Å². The Bertz CT molecular complexity index is 534. The summed E-state index contributed by atoms with van der Waals surface area (Å²) in [5, 5.41) is 11.9. The summed E-state index contributed by atoms with van der Waals surface area (Å²) in [7, 11) is 0. The molecule has 2 rings (SSSR count). The number of amides is 1. The lowest BCUT2D eigenvalue weighted by molar-refractivity contribution is -0.135. The molecule has 0 bridgehead atoms. The van der Waals surface area contributed by atoms with Crippen LogP contribution >= 0.6 is 0 Å². The monoisotopic (exact) mass is 275 g/mol. The minimum Gasteiger partial charge on any atom is -0.395 e. The van der Waals surface area contributed by atoms with Crippen LogP contribution in [0.2, 0.25) is 0 Å². The number of carbonyl (C=O) groups excluding carboxylic acids is 1. The van der Waals surface area contributed by atoms with Crippen molar-refractivity contribution in [2.75, 3.05) is 37.4 Å². The summed E-state index contributed by atoms with van der Waals surface area (Å²) in [6.45, 7) is 4.04. The van der Waals surface area contributed by atoms with Crippen molar-refractivity contribution in [2.45, 2.75) is 13.0 Å². The summed E-state index contributed by atoms with van der Waals surface area (Å²) in [5.41, 5.74) is 6.43. The lowest BCUT2D eigenvalue weighted by atomic mass is 10.2. The first kappa shape index (κ1) is 14.1.